The molecule has 2 aliphatic heterocycles. The van der Waals surface area contributed by atoms with E-state index in [1.807, 2.05) is 17.4 Å². The van der Waals surface area contributed by atoms with Gasteiger partial charge in [-0.2, -0.15) is 0 Å². The molecule has 6 rings (SSSR count). The lowest BCUT2D eigenvalue weighted by molar-refractivity contribution is 0.0337. The number of fused-ring (bicyclic) bond motifs is 5. The number of thiophene rings is 1. The van der Waals surface area contributed by atoms with Crippen LogP contribution < -0.4 is 0 Å². The summed E-state index contributed by atoms with van der Waals surface area (Å²) in [4.78, 5) is 15.6. The van der Waals surface area contributed by atoms with Gasteiger partial charge in [-0.1, -0.05) is 25.3 Å². The third-order valence-electron chi connectivity index (χ3n) is 8.16. The van der Waals surface area contributed by atoms with E-state index in [-0.39, 0.29) is 6.10 Å². The number of rotatable bonds is 6. The van der Waals surface area contributed by atoms with E-state index in [4.69, 9.17) is 4.74 Å². The summed E-state index contributed by atoms with van der Waals surface area (Å²) in [5.41, 5.74) is 5.56. The van der Waals surface area contributed by atoms with Crippen molar-refractivity contribution in [3.05, 3.63) is 46.3 Å². The van der Waals surface area contributed by atoms with Gasteiger partial charge in [-0.25, -0.2) is 4.79 Å². The molecule has 3 aromatic rings. The lowest BCUT2D eigenvalue weighted by atomic mass is 9.82. The molecule has 0 bridgehead atoms. The third-order valence-corrected chi connectivity index (χ3v) is 9.10. The number of nitrogens with zero attached hydrogens (tertiary/aromatic N) is 2. The van der Waals surface area contributed by atoms with Crippen LogP contribution >= 0.6 is 11.3 Å². The molecule has 180 valence electrons. The number of carbonyl (C=O) groups is 1. The number of hydrogen-bond acceptors (Lipinski definition) is 4. The first-order valence-electron chi connectivity index (χ1n) is 13.0. The highest BCUT2D eigenvalue weighted by Crippen LogP contribution is 2.49. The maximum Gasteiger partial charge on any atom is 0.335 e. The second-order valence-corrected chi connectivity index (χ2v) is 11.1. The van der Waals surface area contributed by atoms with Crippen molar-refractivity contribution in [3.8, 4) is 10.6 Å². The van der Waals surface area contributed by atoms with Gasteiger partial charge in [0.25, 0.3) is 0 Å². The zero-order chi connectivity index (χ0) is 23.1. The number of aromatic nitrogens is 1. The fourth-order valence-electron chi connectivity index (χ4n) is 6.46. The molecule has 3 aliphatic rings. The number of likely N-dealkylation sites (tertiary alicyclic amines) is 1. The smallest absolute Gasteiger partial charge is 0.335 e. The normalized spacial score (nSPS) is 21.5. The highest BCUT2D eigenvalue weighted by Gasteiger charge is 2.32. The number of aryl methyl sites for hydroxylation is 1. The Morgan fingerprint density at radius 1 is 1.03 bits per heavy atom. The second-order valence-electron chi connectivity index (χ2n) is 10.2. The van der Waals surface area contributed by atoms with Crippen LogP contribution in [0.5, 0.6) is 0 Å². The molecule has 1 N–H and O–H groups in total. The zero-order valence-electron chi connectivity index (χ0n) is 19.8. The lowest BCUT2D eigenvalue weighted by Gasteiger charge is -2.23. The fourth-order valence-corrected chi connectivity index (χ4v) is 7.48. The van der Waals surface area contributed by atoms with Gasteiger partial charge in [-0.05, 0) is 80.3 Å². The van der Waals surface area contributed by atoms with Crippen LogP contribution in [0, 0.1) is 0 Å². The minimum absolute atomic E-state index is 0.0978. The minimum atomic E-state index is -0.856. The van der Waals surface area contributed by atoms with Gasteiger partial charge in [-0.3, -0.25) is 0 Å². The van der Waals surface area contributed by atoms with E-state index in [9.17, 15) is 9.90 Å². The summed E-state index contributed by atoms with van der Waals surface area (Å²) in [5, 5.41) is 13.1. The first kappa shape index (κ1) is 22.3. The molecular weight excluding hydrogens is 444 g/mol. The van der Waals surface area contributed by atoms with Crippen LogP contribution in [0.15, 0.2) is 29.6 Å². The zero-order valence-corrected chi connectivity index (χ0v) is 20.6. The summed E-state index contributed by atoms with van der Waals surface area (Å²) >= 11 is 1.82. The van der Waals surface area contributed by atoms with E-state index in [1.165, 1.54) is 85.1 Å². The van der Waals surface area contributed by atoms with Gasteiger partial charge in [0.15, 0.2) is 0 Å². The Bertz CT molecular complexity index is 1180. The first-order chi connectivity index (χ1) is 16.7. The van der Waals surface area contributed by atoms with Gasteiger partial charge in [0.2, 0.25) is 0 Å². The van der Waals surface area contributed by atoms with Crippen LogP contribution in [0.25, 0.3) is 21.5 Å². The van der Waals surface area contributed by atoms with Crippen molar-refractivity contribution in [3.63, 3.8) is 0 Å². The second kappa shape index (κ2) is 9.48. The molecule has 1 aromatic carbocycles. The predicted octanol–water partition coefficient (Wildman–Crippen LogP) is 6.67. The number of benzene rings is 1. The topological polar surface area (TPSA) is 54.7 Å². The average molecular weight is 479 g/mol. The summed E-state index contributed by atoms with van der Waals surface area (Å²) in [7, 11) is 0. The van der Waals surface area contributed by atoms with Crippen molar-refractivity contribution in [2.45, 2.75) is 69.9 Å². The number of carboxylic acids is 1. The molecule has 0 amide bonds. The van der Waals surface area contributed by atoms with E-state index in [1.54, 1.807) is 6.07 Å². The van der Waals surface area contributed by atoms with E-state index in [2.05, 4.69) is 27.0 Å². The summed E-state index contributed by atoms with van der Waals surface area (Å²) in [6.45, 7) is 5.05. The van der Waals surface area contributed by atoms with Crippen LogP contribution in [0.1, 0.15) is 84.9 Å². The first-order valence-corrected chi connectivity index (χ1v) is 13.9. The Morgan fingerprint density at radius 2 is 1.85 bits per heavy atom. The summed E-state index contributed by atoms with van der Waals surface area (Å²) in [6.07, 6.45) is 9.97. The van der Waals surface area contributed by atoms with Crippen LogP contribution in [0.4, 0.5) is 0 Å². The molecule has 4 heterocycles. The average Bonchev–Trinajstić information content (AvgIpc) is 3.59. The van der Waals surface area contributed by atoms with Gasteiger partial charge in [0.05, 0.1) is 28.8 Å². The maximum absolute atomic E-state index is 11.8. The number of ether oxygens (including phenoxy) is 1. The van der Waals surface area contributed by atoms with Crippen LogP contribution in [-0.4, -0.2) is 46.8 Å². The molecule has 2 fully saturated rings. The molecule has 1 unspecified atom stereocenters. The van der Waals surface area contributed by atoms with Crippen molar-refractivity contribution in [1.29, 1.82) is 0 Å². The van der Waals surface area contributed by atoms with Gasteiger partial charge in [-0.15, -0.1) is 11.3 Å². The van der Waals surface area contributed by atoms with Crippen LogP contribution in [-0.2, 0) is 11.3 Å². The highest BCUT2D eigenvalue weighted by molar-refractivity contribution is 7.13. The largest absolute Gasteiger partial charge is 0.478 e. The molecule has 2 aromatic heterocycles. The third kappa shape index (κ3) is 4.00. The molecule has 1 saturated heterocycles. The van der Waals surface area contributed by atoms with Crippen molar-refractivity contribution in [1.82, 2.24) is 9.47 Å². The van der Waals surface area contributed by atoms with Gasteiger partial charge in [0.1, 0.15) is 0 Å². The molecular formula is C28H34N2O3S. The van der Waals surface area contributed by atoms with E-state index < -0.39 is 5.97 Å². The van der Waals surface area contributed by atoms with Crippen molar-refractivity contribution >= 4 is 28.2 Å². The SMILES string of the molecule is O=C(O)c1ccc2c(C3CCCCC3)c3n(c2c1)CCC(OCCN1CCCC1)c1ccsc1-3. The summed E-state index contributed by atoms with van der Waals surface area (Å²) < 4.78 is 8.95. The van der Waals surface area contributed by atoms with Crippen LogP contribution in [0.3, 0.4) is 0 Å². The van der Waals surface area contributed by atoms with Crippen molar-refractivity contribution < 1.29 is 14.6 Å². The highest BCUT2D eigenvalue weighted by atomic mass is 32.1. The van der Waals surface area contributed by atoms with Gasteiger partial charge < -0.3 is 19.3 Å². The Hall–Kier alpha value is -2.15. The van der Waals surface area contributed by atoms with E-state index in [0.29, 0.717) is 11.5 Å². The van der Waals surface area contributed by atoms with Crippen LogP contribution in [0.2, 0.25) is 0 Å². The molecule has 5 nitrogen and oxygen atoms in total. The summed E-state index contributed by atoms with van der Waals surface area (Å²) in [5.74, 6) is -0.309. The minimum Gasteiger partial charge on any atom is -0.478 e. The van der Waals surface area contributed by atoms with Crippen molar-refractivity contribution in [2.75, 3.05) is 26.2 Å². The van der Waals surface area contributed by atoms with Gasteiger partial charge >= 0.3 is 5.97 Å². The van der Waals surface area contributed by atoms with Crippen molar-refractivity contribution in [2.24, 2.45) is 0 Å². The number of carboxylic acid groups (broad SMARTS) is 1. The van der Waals surface area contributed by atoms with E-state index in [0.717, 1.165) is 31.6 Å². The maximum atomic E-state index is 11.8. The molecule has 1 saturated carbocycles. The fraction of sp³-hybridized carbons (Fsp3) is 0.536. The predicted molar refractivity (Wildman–Crippen MR) is 137 cm³/mol. The standard InChI is InChI=1S/C28H34N2O3S/c31-28(32)20-8-9-21-23(18-20)30-14-10-24(33-16-15-29-12-4-5-13-29)22-11-17-34-27(22)26(30)25(21)19-6-2-1-3-7-19/h8-9,11,17-19,24H,1-7,10,12-16H2,(H,31,32). The van der Waals surface area contributed by atoms with Gasteiger partial charge in [0, 0.05) is 29.6 Å². The number of aromatic carboxylic acids is 1. The Kier molecular flexibility index (Phi) is 6.22. The lowest BCUT2D eigenvalue weighted by Crippen LogP contribution is -2.24. The Morgan fingerprint density at radius 3 is 2.65 bits per heavy atom. The molecule has 0 spiro atoms. The summed E-state index contributed by atoms with van der Waals surface area (Å²) in [6, 6.07) is 8.02. The molecule has 6 heteroatoms. The number of hydrogen-bond donors (Lipinski definition) is 1. The quantitative estimate of drug-likeness (QED) is 0.430. The monoisotopic (exact) mass is 478 g/mol. The molecule has 0 radical (unpaired) electrons. The molecule has 1 atom stereocenters. The Balaban J connectivity index is 1.41. The molecule has 1 aliphatic carbocycles. The molecule has 34 heavy (non-hydrogen) atoms. The Labute approximate surface area is 205 Å². The van der Waals surface area contributed by atoms with E-state index >= 15 is 0 Å².